The molecular weight excluding hydrogens is 294 g/mol. The third kappa shape index (κ3) is 3.46. The highest BCUT2D eigenvalue weighted by molar-refractivity contribution is 7.90. The van der Waals surface area contributed by atoms with Crippen LogP contribution in [0, 0.1) is 0 Å². The van der Waals surface area contributed by atoms with Gasteiger partial charge in [-0.05, 0) is 35.9 Å². The highest BCUT2D eigenvalue weighted by Crippen LogP contribution is 2.18. The van der Waals surface area contributed by atoms with Crippen molar-refractivity contribution in [1.29, 1.82) is 0 Å². The van der Waals surface area contributed by atoms with Crippen LogP contribution in [0.15, 0.2) is 58.3 Å². The molecule has 0 spiro atoms. The Morgan fingerprint density at radius 3 is 2.20 bits per heavy atom. The van der Waals surface area contributed by atoms with E-state index in [4.69, 9.17) is 5.73 Å². The zero-order valence-electron chi connectivity index (χ0n) is 10.9. The van der Waals surface area contributed by atoms with Gasteiger partial charge >= 0.3 is 0 Å². The highest BCUT2D eigenvalue weighted by atomic mass is 32.2. The molecule has 0 aliphatic carbocycles. The van der Waals surface area contributed by atoms with Crippen LogP contribution >= 0.6 is 0 Å². The largest absolute Gasteiger partial charge is 0.398 e. The number of hydrogen-bond acceptors (Lipinski definition) is 4. The molecule has 20 heavy (non-hydrogen) atoms. The molecule has 0 aliphatic heterocycles. The van der Waals surface area contributed by atoms with Crippen molar-refractivity contribution in [3.05, 3.63) is 54.1 Å². The summed E-state index contributed by atoms with van der Waals surface area (Å²) in [4.78, 5) is 0.804. The SMILES string of the molecule is CS(=O)(=O)c1ccc(S(=O)Cc2ccccc2N)cc1. The third-order valence-electron chi connectivity index (χ3n) is 2.86. The second kappa shape index (κ2) is 5.76. The van der Waals surface area contributed by atoms with Crippen molar-refractivity contribution in [2.45, 2.75) is 15.5 Å². The van der Waals surface area contributed by atoms with Gasteiger partial charge in [0.25, 0.3) is 0 Å². The second-order valence-electron chi connectivity index (χ2n) is 4.43. The summed E-state index contributed by atoms with van der Waals surface area (Å²) in [5.74, 6) is 0.310. The normalized spacial score (nSPS) is 13.1. The van der Waals surface area contributed by atoms with E-state index in [0.717, 1.165) is 11.8 Å². The Morgan fingerprint density at radius 2 is 1.65 bits per heavy atom. The lowest BCUT2D eigenvalue weighted by molar-refractivity contribution is 0.601. The Hall–Kier alpha value is -1.66. The predicted molar refractivity (Wildman–Crippen MR) is 80.5 cm³/mol. The lowest BCUT2D eigenvalue weighted by atomic mass is 10.2. The van der Waals surface area contributed by atoms with Crippen LogP contribution in [0.5, 0.6) is 0 Å². The number of hydrogen-bond donors (Lipinski definition) is 1. The summed E-state index contributed by atoms with van der Waals surface area (Å²) < 4.78 is 34.9. The summed E-state index contributed by atoms with van der Waals surface area (Å²) in [5, 5.41) is 0. The van der Waals surface area contributed by atoms with Crippen molar-refractivity contribution < 1.29 is 12.6 Å². The number of sulfone groups is 1. The lowest BCUT2D eigenvalue weighted by Gasteiger charge is -2.06. The number of para-hydroxylation sites is 1. The summed E-state index contributed by atoms with van der Waals surface area (Å²) in [6.45, 7) is 0. The molecule has 6 heteroatoms. The molecule has 0 amide bonds. The fourth-order valence-corrected chi connectivity index (χ4v) is 3.51. The molecule has 0 heterocycles. The van der Waals surface area contributed by atoms with Crippen LogP contribution in [0.1, 0.15) is 5.56 Å². The van der Waals surface area contributed by atoms with Crippen molar-refractivity contribution in [3.63, 3.8) is 0 Å². The Bertz CT molecular complexity index is 737. The Labute approximate surface area is 121 Å². The Balaban J connectivity index is 2.20. The molecular formula is C14H15NO3S2. The molecule has 106 valence electrons. The first kappa shape index (κ1) is 14.7. The first-order valence-electron chi connectivity index (χ1n) is 5.90. The van der Waals surface area contributed by atoms with Gasteiger partial charge in [-0.2, -0.15) is 0 Å². The highest BCUT2D eigenvalue weighted by Gasteiger charge is 2.10. The van der Waals surface area contributed by atoms with Crippen LogP contribution in [0.3, 0.4) is 0 Å². The van der Waals surface area contributed by atoms with Gasteiger partial charge < -0.3 is 5.73 Å². The zero-order chi connectivity index (χ0) is 14.8. The van der Waals surface area contributed by atoms with Gasteiger partial charge in [-0.1, -0.05) is 18.2 Å². The van der Waals surface area contributed by atoms with Crippen molar-refractivity contribution in [1.82, 2.24) is 0 Å². The van der Waals surface area contributed by atoms with E-state index in [1.165, 1.54) is 12.1 Å². The molecule has 0 radical (unpaired) electrons. The van der Waals surface area contributed by atoms with E-state index in [-0.39, 0.29) is 4.90 Å². The Morgan fingerprint density at radius 1 is 1.05 bits per heavy atom. The maximum Gasteiger partial charge on any atom is 0.175 e. The van der Waals surface area contributed by atoms with E-state index in [0.29, 0.717) is 16.3 Å². The predicted octanol–water partition coefficient (Wildman–Crippen LogP) is 1.98. The average Bonchev–Trinajstić information content (AvgIpc) is 2.40. The fourth-order valence-electron chi connectivity index (χ4n) is 1.73. The molecule has 0 aliphatic rings. The third-order valence-corrected chi connectivity index (χ3v) is 5.36. The van der Waals surface area contributed by atoms with Gasteiger partial charge in [0.05, 0.1) is 21.4 Å². The Kier molecular flexibility index (Phi) is 4.25. The van der Waals surface area contributed by atoms with Crippen LogP contribution in [0.4, 0.5) is 5.69 Å². The monoisotopic (exact) mass is 309 g/mol. The summed E-state index contributed by atoms with van der Waals surface area (Å²) in [5.41, 5.74) is 7.24. The van der Waals surface area contributed by atoms with E-state index in [1.807, 2.05) is 18.2 Å². The molecule has 0 saturated carbocycles. The van der Waals surface area contributed by atoms with Gasteiger partial charge in [-0.25, -0.2) is 8.42 Å². The van der Waals surface area contributed by atoms with Gasteiger partial charge in [0.2, 0.25) is 0 Å². The summed E-state index contributed by atoms with van der Waals surface area (Å²) in [6, 6.07) is 13.3. The van der Waals surface area contributed by atoms with Gasteiger partial charge in [0.1, 0.15) is 0 Å². The quantitative estimate of drug-likeness (QED) is 0.876. The second-order valence-corrected chi connectivity index (χ2v) is 7.90. The molecule has 2 aromatic rings. The average molecular weight is 309 g/mol. The van der Waals surface area contributed by atoms with E-state index in [2.05, 4.69) is 0 Å². The van der Waals surface area contributed by atoms with Crippen LogP contribution in [-0.2, 0) is 26.4 Å². The minimum atomic E-state index is -3.23. The number of nitrogens with two attached hydrogens (primary N) is 1. The fraction of sp³-hybridized carbons (Fsp3) is 0.143. The van der Waals surface area contributed by atoms with Crippen molar-refractivity contribution in [3.8, 4) is 0 Å². The van der Waals surface area contributed by atoms with Gasteiger partial charge in [0, 0.05) is 16.8 Å². The number of nitrogen functional groups attached to an aromatic ring is 1. The molecule has 2 rings (SSSR count). The molecule has 2 N–H and O–H groups in total. The van der Waals surface area contributed by atoms with Crippen LogP contribution in [0.25, 0.3) is 0 Å². The van der Waals surface area contributed by atoms with Crippen LogP contribution < -0.4 is 5.73 Å². The van der Waals surface area contributed by atoms with Gasteiger partial charge in [0.15, 0.2) is 9.84 Å². The zero-order valence-corrected chi connectivity index (χ0v) is 12.6. The van der Waals surface area contributed by atoms with Gasteiger partial charge in [-0.3, -0.25) is 4.21 Å². The van der Waals surface area contributed by atoms with Crippen molar-refractivity contribution in [2.75, 3.05) is 12.0 Å². The molecule has 1 atom stereocenters. The van der Waals surface area contributed by atoms with E-state index in [1.54, 1.807) is 18.2 Å². The number of rotatable bonds is 4. The van der Waals surface area contributed by atoms with Crippen molar-refractivity contribution in [2.24, 2.45) is 0 Å². The first-order chi connectivity index (χ1) is 9.38. The van der Waals surface area contributed by atoms with Crippen LogP contribution in [0.2, 0.25) is 0 Å². The number of anilines is 1. The maximum atomic E-state index is 12.2. The van der Waals surface area contributed by atoms with Gasteiger partial charge in [-0.15, -0.1) is 0 Å². The molecule has 0 fully saturated rings. The topological polar surface area (TPSA) is 77.2 Å². The molecule has 4 nitrogen and oxygen atoms in total. The van der Waals surface area contributed by atoms with E-state index >= 15 is 0 Å². The van der Waals surface area contributed by atoms with E-state index < -0.39 is 20.6 Å². The molecule has 0 aromatic heterocycles. The minimum absolute atomic E-state index is 0.220. The standard InChI is InChI=1S/C14H15NO3S2/c1-20(17,18)13-8-6-12(7-9-13)19(16)10-11-4-2-3-5-14(11)15/h2-9H,10,15H2,1H3. The summed E-state index contributed by atoms with van der Waals surface area (Å²) in [6.07, 6.45) is 1.14. The molecule has 1 unspecified atom stereocenters. The summed E-state index contributed by atoms with van der Waals surface area (Å²) >= 11 is 0. The van der Waals surface area contributed by atoms with Crippen molar-refractivity contribution >= 4 is 26.3 Å². The minimum Gasteiger partial charge on any atom is -0.398 e. The lowest BCUT2D eigenvalue weighted by Crippen LogP contribution is -2.01. The number of benzene rings is 2. The maximum absolute atomic E-state index is 12.2. The molecule has 0 saturated heterocycles. The smallest absolute Gasteiger partial charge is 0.175 e. The van der Waals surface area contributed by atoms with E-state index in [9.17, 15) is 12.6 Å². The molecule has 0 bridgehead atoms. The van der Waals surface area contributed by atoms with Crippen LogP contribution in [-0.4, -0.2) is 18.9 Å². The summed E-state index contributed by atoms with van der Waals surface area (Å²) in [7, 11) is -4.48. The molecule has 2 aromatic carbocycles. The first-order valence-corrected chi connectivity index (χ1v) is 9.11.